The monoisotopic (exact) mass is 176 g/mol. The summed E-state index contributed by atoms with van der Waals surface area (Å²) in [5.41, 5.74) is 1.37. The van der Waals surface area contributed by atoms with Gasteiger partial charge in [0, 0.05) is 5.92 Å². The van der Waals surface area contributed by atoms with Crippen molar-refractivity contribution in [3.05, 3.63) is 35.6 Å². The lowest BCUT2D eigenvalue weighted by atomic mass is 9.92. The van der Waals surface area contributed by atoms with Crippen molar-refractivity contribution in [3.8, 4) is 0 Å². The van der Waals surface area contributed by atoms with E-state index in [0.29, 0.717) is 12.5 Å². The van der Waals surface area contributed by atoms with Crippen molar-refractivity contribution in [2.24, 2.45) is 5.92 Å². The van der Waals surface area contributed by atoms with E-state index in [0.717, 1.165) is 18.8 Å². The number of ether oxygens (including phenoxy) is 2. The van der Waals surface area contributed by atoms with Crippen LogP contribution in [0.3, 0.4) is 0 Å². The highest BCUT2D eigenvalue weighted by molar-refractivity contribution is 5.40. The molecule has 0 saturated carbocycles. The molecule has 0 bridgehead atoms. The fraction of sp³-hybridized carbons (Fsp3) is 0.455. The van der Waals surface area contributed by atoms with E-state index in [1.807, 2.05) is 0 Å². The zero-order chi connectivity index (χ0) is 8.67. The zero-order valence-electron chi connectivity index (χ0n) is 7.40. The Morgan fingerprint density at radius 3 is 3.31 bits per heavy atom. The average molecular weight is 176 g/mol. The van der Waals surface area contributed by atoms with Crippen LogP contribution in [0.15, 0.2) is 35.6 Å². The third-order valence-electron chi connectivity index (χ3n) is 2.85. The largest absolute Gasteiger partial charge is 0.493 e. The van der Waals surface area contributed by atoms with Gasteiger partial charge >= 0.3 is 0 Å². The molecule has 0 amide bonds. The van der Waals surface area contributed by atoms with E-state index in [4.69, 9.17) is 9.47 Å². The van der Waals surface area contributed by atoms with Crippen LogP contribution in [0.1, 0.15) is 6.42 Å². The first kappa shape index (κ1) is 7.39. The van der Waals surface area contributed by atoms with Crippen molar-refractivity contribution in [1.82, 2.24) is 0 Å². The SMILES string of the molecule is C1=CCC2C(=C1)C=C1OCCOC12. The molecule has 0 aromatic heterocycles. The second-order valence-electron chi connectivity index (χ2n) is 3.62. The molecule has 68 valence electrons. The van der Waals surface area contributed by atoms with Crippen LogP contribution >= 0.6 is 0 Å². The summed E-state index contributed by atoms with van der Waals surface area (Å²) in [7, 11) is 0. The van der Waals surface area contributed by atoms with Gasteiger partial charge in [-0.05, 0) is 18.1 Å². The molecule has 0 N–H and O–H groups in total. The summed E-state index contributed by atoms with van der Waals surface area (Å²) < 4.78 is 11.3. The highest BCUT2D eigenvalue weighted by Gasteiger charge is 2.37. The van der Waals surface area contributed by atoms with Crippen molar-refractivity contribution in [2.75, 3.05) is 13.2 Å². The molecule has 2 nitrogen and oxygen atoms in total. The molecule has 1 heterocycles. The van der Waals surface area contributed by atoms with Gasteiger partial charge in [-0.15, -0.1) is 0 Å². The average Bonchev–Trinajstić information content (AvgIpc) is 2.56. The molecule has 1 fully saturated rings. The first-order chi connectivity index (χ1) is 6.45. The molecule has 0 spiro atoms. The van der Waals surface area contributed by atoms with Crippen LogP contribution in [0.2, 0.25) is 0 Å². The molecule has 2 unspecified atom stereocenters. The highest BCUT2D eigenvalue weighted by Crippen LogP contribution is 2.39. The van der Waals surface area contributed by atoms with Crippen molar-refractivity contribution in [3.63, 3.8) is 0 Å². The smallest absolute Gasteiger partial charge is 0.126 e. The molecule has 0 aromatic carbocycles. The molecule has 2 aliphatic carbocycles. The van der Waals surface area contributed by atoms with E-state index in [9.17, 15) is 0 Å². The number of hydrogen-bond acceptors (Lipinski definition) is 2. The second kappa shape index (κ2) is 2.74. The number of fused-ring (bicyclic) bond motifs is 3. The lowest BCUT2D eigenvalue weighted by molar-refractivity contribution is -0.0533. The van der Waals surface area contributed by atoms with Crippen LogP contribution < -0.4 is 0 Å². The van der Waals surface area contributed by atoms with Gasteiger partial charge in [-0.1, -0.05) is 18.2 Å². The van der Waals surface area contributed by atoms with Gasteiger partial charge < -0.3 is 9.47 Å². The van der Waals surface area contributed by atoms with Gasteiger partial charge in [0.25, 0.3) is 0 Å². The van der Waals surface area contributed by atoms with E-state index in [1.54, 1.807) is 0 Å². The zero-order valence-corrected chi connectivity index (χ0v) is 7.40. The van der Waals surface area contributed by atoms with E-state index < -0.39 is 0 Å². The van der Waals surface area contributed by atoms with Gasteiger partial charge in [-0.25, -0.2) is 0 Å². The maximum atomic E-state index is 5.70. The quantitative estimate of drug-likeness (QED) is 0.560. The standard InChI is InChI=1S/C11H12O2/c1-2-4-9-8(3-1)7-10-11(9)13-6-5-12-10/h1-3,7,9,11H,4-6H2. The minimum atomic E-state index is 0.199. The van der Waals surface area contributed by atoms with Gasteiger partial charge in [0.05, 0.1) is 6.61 Å². The molecule has 2 atom stereocenters. The maximum absolute atomic E-state index is 5.70. The summed E-state index contributed by atoms with van der Waals surface area (Å²) in [6, 6.07) is 0. The Morgan fingerprint density at radius 2 is 2.31 bits per heavy atom. The summed E-state index contributed by atoms with van der Waals surface area (Å²) in [6.07, 6.45) is 9.89. The summed E-state index contributed by atoms with van der Waals surface area (Å²) in [6.45, 7) is 1.44. The molecule has 2 heteroatoms. The van der Waals surface area contributed by atoms with Gasteiger partial charge in [-0.3, -0.25) is 0 Å². The van der Waals surface area contributed by atoms with Gasteiger partial charge in [0.1, 0.15) is 18.5 Å². The van der Waals surface area contributed by atoms with Crippen LogP contribution in [0.5, 0.6) is 0 Å². The fourth-order valence-corrected chi connectivity index (χ4v) is 2.22. The fourth-order valence-electron chi connectivity index (χ4n) is 2.22. The van der Waals surface area contributed by atoms with Gasteiger partial charge in [0.2, 0.25) is 0 Å². The maximum Gasteiger partial charge on any atom is 0.126 e. The molecule has 13 heavy (non-hydrogen) atoms. The van der Waals surface area contributed by atoms with Gasteiger partial charge in [-0.2, -0.15) is 0 Å². The number of hydrogen-bond donors (Lipinski definition) is 0. The number of allylic oxidation sites excluding steroid dienone is 4. The minimum absolute atomic E-state index is 0.199. The van der Waals surface area contributed by atoms with E-state index in [2.05, 4.69) is 24.3 Å². The van der Waals surface area contributed by atoms with Crippen LogP contribution in [0.25, 0.3) is 0 Å². The minimum Gasteiger partial charge on any atom is -0.493 e. The van der Waals surface area contributed by atoms with Crippen LogP contribution in [-0.4, -0.2) is 19.3 Å². The lowest BCUT2D eigenvalue weighted by Crippen LogP contribution is -2.30. The number of rotatable bonds is 0. The molecule has 1 aliphatic heterocycles. The Kier molecular flexibility index (Phi) is 1.56. The summed E-state index contributed by atoms with van der Waals surface area (Å²) in [4.78, 5) is 0. The van der Waals surface area contributed by atoms with Crippen molar-refractivity contribution in [1.29, 1.82) is 0 Å². The molecule has 3 aliphatic rings. The molecule has 1 saturated heterocycles. The predicted molar refractivity (Wildman–Crippen MR) is 49.1 cm³/mol. The topological polar surface area (TPSA) is 18.5 Å². The molecular weight excluding hydrogens is 164 g/mol. The van der Waals surface area contributed by atoms with Crippen LogP contribution in [0.4, 0.5) is 0 Å². The summed E-state index contributed by atoms with van der Waals surface area (Å²) >= 11 is 0. The normalized spacial score (nSPS) is 35.7. The lowest BCUT2D eigenvalue weighted by Gasteiger charge is -2.27. The Labute approximate surface area is 77.5 Å². The molecule has 0 aromatic rings. The summed E-state index contributed by atoms with van der Waals surface area (Å²) in [5.74, 6) is 1.55. The third-order valence-corrected chi connectivity index (χ3v) is 2.85. The van der Waals surface area contributed by atoms with E-state index >= 15 is 0 Å². The molecular formula is C11H12O2. The van der Waals surface area contributed by atoms with E-state index in [-0.39, 0.29) is 6.10 Å². The highest BCUT2D eigenvalue weighted by atomic mass is 16.6. The Hall–Kier alpha value is -1.02. The first-order valence-corrected chi connectivity index (χ1v) is 4.78. The second-order valence-corrected chi connectivity index (χ2v) is 3.62. The van der Waals surface area contributed by atoms with Crippen LogP contribution in [-0.2, 0) is 9.47 Å². The molecule has 3 rings (SSSR count). The van der Waals surface area contributed by atoms with Crippen LogP contribution in [0, 0.1) is 5.92 Å². The third kappa shape index (κ3) is 1.05. The Morgan fingerprint density at radius 1 is 1.31 bits per heavy atom. The van der Waals surface area contributed by atoms with Crippen molar-refractivity contribution >= 4 is 0 Å². The van der Waals surface area contributed by atoms with Crippen molar-refractivity contribution in [2.45, 2.75) is 12.5 Å². The summed E-state index contributed by atoms with van der Waals surface area (Å²) in [5, 5.41) is 0. The van der Waals surface area contributed by atoms with E-state index in [1.165, 1.54) is 5.57 Å². The first-order valence-electron chi connectivity index (χ1n) is 4.78. The predicted octanol–water partition coefficient (Wildman–Crippen LogP) is 1.80. The molecule has 0 radical (unpaired) electrons. The van der Waals surface area contributed by atoms with Gasteiger partial charge in [0.15, 0.2) is 0 Å². The Bertz CT molecular complexity index is 312. The Balaban J connectivity index is 1.96. The van der Waals surface area contributed by atoms with Crippen molar-refractivity contribution < 1.29 is 9.47 Å².